The molecule has 78 valence electrons. The molecule has 16 heavy (non-hydrogen) atoms. The summed E-state index contributed by atoms with van der Waals surface area (Å²) in [5.41, 5.74) is 3.34. The summed E-state index contributed by atoms with van der Waals surface area (Å²) >= 11 is 3.37. The van der Waals surface area contributed by atoms with Gasteiger partial charge in [-0.1, -0.05) is 40.2 Å². The van der Waals surface area contributed by atoms with Crippen LogP contribution in [0.15, 0.2) is 42.5 Å². The van der Waals surface area contributed by atoms with Gasteiger partial charge in [0.15, 0.2) is 0 Å². The van der Waals surface area contributed by atoms with Crippen molar-refractivity contribution in [2.24, 2.45) is 0 Å². The van der Waals surface area contributed by atoms with Gasteiger partial charge in [-0.2, -0.15) is 5.26 Å². The Morgan fingerprint density at radius 1 is 1.12 bits per heavy atom. The lowest BCUT2D eigenvalue weighted by Crippen LogP contribution is -1.90. The molecule has 1 aromatic carbocycles. The van der Waals surface area contributed by atoms with E-state index in [1.807, 2.05) is 36.4 Å². The highest BCUT2D eigenvalue weighted by Gasteiger charge is 2.05. The topological polar surface area (TPSA) is 36.7 Å². The predicted octanol–water partition coefficient (Wildman–Crippen LogP) is 3.52. The van der Waals surface area contributed by atoms with E-state index in [-0.39, 0.29) is 0 Å². The van der Waals surface area contributed by atoms with Crippen molar-refractivity contribution in [1.29, 1.82) is 5.26 Å². The largest absolute Gasteiger partial charge is 0.252 e. The molecule has 2 nitrogen and oxygen atoms in total. The standard InChI is InChI=1S/C13H9BrN2/c14-8-11-5-3-7-13(16-11)12-6-2-1-4-10(12)9-15/h1-7H,8H2. The van der Waals surface area contributed by atoms with Crippen LogP contribution in [0.5, 0.6) is 0 Å². The lowest BCUT2D eigenvalue weighted by Gasteiger charge is -2.04. The Morgan fingerprint density at radius 2 is 1.94 bits per heavy atom. The Morgan fingerprint density at radius 3 is 2.69 bits per heavy atom. The second-order valence-corrected chi connectivity index (χ2v) is 3.87. The lowest BCUT2D eigenvalue weighted by atomic mass is 10.0. The molecule has 0 aliphatic heterocycles. The molecule has 0 amide bonds. The maximum absolute atomic E-state index is 9.02. The summed E-state index contributed by atoms with van der Waals surface area (Å²) in [4.78, 5) is 4.47. The Hall–Kier alpha value is -1.66. The van der Waals surface area contributed by atoms with E-state index in [2.05, 4.69) is 27.0 Å². The molecule has 2 aromatic rings. The molecular formula is C13H9BrN2. The third-order valence-corrected chi connectivity index (χ3v) is 2.84. The number of halogens is 1. The van der Waals surface area contributed by atoms with Gasteiger partial charge in [0.2, 0.25) is 0 Å². The molecule has 0 bridgehead atoms. The van der Waals surface area contributed by atoms with Crippen molar-refractivity contribution in [3.05, 3.63) is 53.7 Å². The van der Waals surface area contributed by atoms with E-state index in [0.717, 1.165) is 22.3 Å². The van der Waals surface area contributed by atoms with Gasteiger partial charge in [0, 0.05) is 10.9 Å². The Balaban J connectivity index is 2.55. The summed E-state index contributed by atoms with van der Waals surface area (Å²) in [6.07, 6.45) is 0. The van der Waals surface area contributed by atoms with Gasteiger partial charge in [-0.05, 0) is 18.2 Å². The third-order valence-electron chi connectivity index (χ3n) is 2.27. The van der Waals surface area contributed by atoms with Crippen LogP contribution in [0.2, 0.25) is 0 Å². The first-order chi connectivity index (χ1) is 7.85. The zero-order valence-electron chi connectivity index (χ0n) is 8.52. The van der Waals surface area contributed by atoms with Gasteiger partial charge in [-0.25, -0.2) is 0 Å². The molecule has 0 N–H and O–H groups in total. The summed E-state index contributed by atoms with van der Waals surface area (Å²) < 4.78 is 0. The second-order valence-electron chi connectivity index (χ2n) is 3.31. The normalized spacial score (nSPS) is 9.75. The van der Waals surface area contributed by atoms with Crippen molar-refractivity contribution in [2.45, 2.75) is 5.33 Å². The van der Waals surface area contributed by atoms with E-state index < -0.39 is 0 Å². The van der Waals surface area contributed by atoms with Crippen molar-refractivity contribution < 1.29 is 0 Å². The Kier molecular flexibility index (Phi) is 3.33. The van der Waals surface area contributed by atoms with Crippen LogP contribution in [-0.4, -0.2) is 4.98 Å². The molecule has 1 heterocycles. The fraction of sp³-hybridized carbons (Fsp3) is 0.0769. The minimum Gasteiger partial charge on any atom is -0.252 e. The molecule has 3 heteroatoms. The fourth-order valence-electron chi connectivity index (χ4n) is 1.51. The molecule has 0 radical (unpaired) electrons. The third kappa shape index (κ3) is 2.12. The monoisotopic (exact) mass is 272 g/mol. The molecule has 1 aromatic heterocycles. The van der Waals surface area contributed by atoms with E-state index >= 15 is 0 Å². The molecule has 0 saturated carbocycles. The summed E-state index contributed by atoms with van der Waals surface area (Å²) in [6.45, 7) is 0. The summed E-state index contributed by atoms with van der Waals surface area (Å²) in [6, 6.07) is 15.5. The highest BCUT2D eigenvalue weighted by molar-refractivity contribution is 9.08. The number of nitrogens with zero attached hydrogens (tertiary/aromatic N) is 2. The van der Waals surface area contributed by atoms with Gasteiger partial charge in [0.25, 0.3) is 0 Å². The molecule has 0 unspecified atom stereocenters. The minimum atomic E-state index is 0.654. The predicted molar refractivity (Wildman–Crippen MR) is 67.0 cm³/mol. The molecule has 0 aliphatic rings. The van der Waals surface area contributed by atoms with Crippen molar-refractivity contribution in [3.63, 3.8) is 0 Å². The highest BCUT2D eigenvalue weighted by Crippen LogP contribution is 2.21. The van der Waals surface area contributed by atoms with E-state index in [9.17, 15) is 0 Å². The zero-order valence-corrected chi connectivity index (χ0v) is 10.1. The molecule has 0 atom stereocenters. The number of nitriles is 1. The average molecular weight is 273 g/mol. The van der Waals surface area contributed by atoms with Crippen molar-refractivity contribution in [2.75, 3.05) is 0 Å². The van der Waals surface area contributed by atoms with E-state index in [0.29, 0.717) is 5.56 Å². The molecule has 0 saturated heterocycles. The summed E-state index contributed by atoms with van der Waals surface area (Å²) in [5, 5.41) is 9.74. The van der Waals surface area contributed by atoms with Gasteiger partial charge in [0.1, 0.15) is 0 Å². The van der Waals surface area contributed by atoms with Gasteiger partial charge in [-0.15, -0.1) is 0 Å². The van der Waals surface area contributed by atoms with Crippen LogP contribution >= 0.6 is 15.9 Å². The number of pyridine rings is 1. The summed E-state index contributed by atoms with van der Waals surface area (Å²) in [5.74, 6) is 0. The highest BCUT2D eigenvalue weighted by atomic mass is 79.9. The van der Waals surface area contributed by atoms with Crippen LogP contribution in [0.3, 0.4) is 0 Å². The van der Waals surface area contributed by atoms with Gasteiger partial charge in [0.05, 0.1) is 23.0 Å². The van der Waals surface area contributed by atoms with Crippen LogP contribution < -0.4 is 0 Å². The van der Waals surface area contributed by atoms with Crippen molar-refractivity contribution in [1.82, 2.24) is 4.98 Å². The quantitative estimate of drug-likeness (QED) is 0.785. The number of hydrogen-bond donors (Lipinski definition) is 0. The van der Waals surface area contributed by atoms with Crippen LogP contribution in [0.4, 0.5) is 0 Å². The summed E-state index contributed by atoms with van der Waals surface area (Å²) in [7, 11) is 0. The first kappa shape index (κ1) is 10.8. The van der Waals surface area contributed by atoms with Gasteiger partial charge < -0.3 is 0 Å². The van der Waals surface area contributed by atoms with E-state index in [1.165, 1.54) is 0 Å². The lowest BCUT2D eigenvalue weighted by molar-refractivity contribution is 1.19. The number of rotatable bonds is 2. The minimum absolute atomic E-state index is 0.654. The Bertz CT molecular complexity index is 544. The number of aromatic nitrogens is 1. The molecule has 0 aliphatic carbocycles. The first-order valence-corrected chi connectivity index (χ1v) is 5.98. The number of alkyl halides is 1. The van der Waals surface area contributed by atoms with Gasteiger partial charge in [-0.3, -0.25) is 4.98 Å². The average Bonchev–Trinajstić information content (AvgIpc) is 2.38. The SMILES string of the molecule is N#Cc1ccccc1-c1cccc(CBr)n1. The maximum Gasteiger partial charge on any atom is 0.0998 e. The van der Waals surface area contributed by atoms with E-state index in [1.54, 1.807) is 6.07 Å². The van der Waals surface area contributed by atoms with Crippen LogP contribution in [0.25, 0.3) is 11.3 Å². The number of hydrogen-bond acceptors (Lipinski definition) is 2. The van der Waals surface area contributed by atoms with Gasteiger partial charge >= 0.3 is 0 Å². The second kappa shape index (κ2) is 4.91. The Labute approximate surface area is 103 Å². The van der Waals surface area contributed by atoms with Crippen molar-refractivity contribution >= 4 is 15.9 Å². The number of benzene rings is 1. The zero-order chi connectivity index (χ0) is 11.4. The van der Waals surface area contributed by atoms with E-state index in [4.69, 9.17) is 5.26 Å². The first-order valence-electron chi connectivity index (χ1n) is 4.86. The van der Waals surface area contributed by atoms with Crippen LogP contribution in [0.1, 0.15) is 11.3 Å². The molecular weight excluding hydrogens is 264 g/mol. The van der Waals surface area contributed by atoms with Crippen molar-refractivity contribution in [3.8, 4) is 17.3 Å². The maximum atomic E-state index is 9.02. The van der Waals surface area contributed by atoms with Crippen LogP contribution in [-0.2, 0) is 5.33 Å². The fourth-order valence-corrected chi connectivity index (χ4v) is 1.82. The molecule has 0 fully saturated rings. The molecule has 0 spiro atoms. The van der Waals surface area contributed by atoms with Crippen LogP contribution in [0, 0.1) is 11.3 Å². The smallest absolute Gasteiger partial charge is 0.0998 e. The molecule has 2 rings (SSSR count).